The Morgan fingerprint density at radius 3 is 2.33 bits per heavy atom. The SMILES string of the molecule is CCOC(=O)c1sc(N2C(=O)[C@H]3[C@@H](ON(c4cccc([N+](=O)[O-])c4)[C@H]3c3ccc(OC(=O)c4ccccc4)c(OC)c3)C2=O)c(C(=O)OC)c1C. The van der Waals surface area contributed by atoms with Crippen LogP contribution in [-0.2, 0) is 23.9 Å². The summed E-state index contributed by atoms with van der Waals surface area (Å²) >= 11 is 0.729. The molecular formula is C35H29N3O12S. The monoisotopic (exact) mass is 715 g/mol. The van der Waals surface area contributed by atoms with E-state index in [4.69, 9.17) is 23.8 Å². The number of thiophene rings is 1. The van der Waals surface area contributed by atoms with E-state index in [-0.39, 0.29) is 50.5 Å². The van der Waals surface area contributed by atoms with Crippen LogP contribution in [0.4, 0.5) is 16.4 Å². The van der Waals surface area contributed by atoms with Crippen LogP contribution in [0.5, 0.6) is 11.5 Å². The zero-order chi connectivity index (χ0) is 36.6. The molecule has 1 aromatic heterocycles. The van der Waals surface area contributed by atoms with Crippen LogP contribution in [0.15, 0.2) is 72.8 Å². The number of nitro groups is 1. The topological polar surface area (TPSA) is 181 Å². The Hall–Kier alpha value is -6.13. The minimum absolute atomic E-state index is 0.00553. The Morgan fingerprint density at radius 1 is 0.922 bits per heavy atom. The van der Waals surface area contributed by atoms with Crippen LogP contribution in [-0.4, -0.2) is 61.6 Å². The molecule has 0 N–H and O–H groups in total. The molecule has 51 heavy (non-hydrogen) atoms. The van der Waals surface area contributed by atoms with Crippen molar-refractivity contribution in [1.82, 2.24) is 0 Å². The van der Waals surface area contributed by atoms with E-state index in [0.29, 0.717) is 11.1 Å². The molecule has 0 spiro atoms. The third-order valence-electron chi connectivity index (χ3n) is 8.33. The zero-order valence-electron chi connectivity index (χ0n) is 27.5. The number of fused-ring (bicyclic) bond motifs is 1. The second-order valence-corrected chi connectivity index (χ2v) is 12.2. The summed E-state index contributed by atoms with van der Waals surface area (Å²) in [5.74, 6) is -4.99. The second kappa shape index (κ2) is 14.0. The molecule has 2 aliphatic rings. The van der Waals surface area contributed by atoms with E-state index in [2.05, 4.69) is 0 Å². The third-order valence-corrected chi connectivity index (χ3v) is 9.59. The van der Waals surface area contributed by atoms with Crippen molar-refractivity contribution in [2.45, 2.75) is 26.0 Å². The van der Waals surface area contributed by atoms with Crippen molar-refractivity contribution in [3.63, 3.8) is 0 Å². The van der Waals surface area contributed by atoms with E-state index in [1.54, 1.807) is 43.3 Å². The molecule has 2 aliphatic heterocycles. The lowest BCUT2D eigenvalue weighted by molar-refractivity contribution is -0.384. The molecule has 0 aliphatic carbocycles. The predicted molar refractivity (Wildman–Crippen MR) is 180 cm³/mol. The summed E-state index contributed by atoms with van der Waals surface area (Å²) in [5, 5.41) is 12.8. The number of carbonyl (C=O) groups is 5. The predicted octanol–water partition coefficient (Wildman–Crippen LogP) is 5.21. The number of nitro benzene ring substituents is 1. The molecule has 6 rings (SSSR count). The number of esters is 3. The fourth-order valence-corrected chi connectivity index (χ4v) is 7.20. The molecule has 0 unspecified atom stereocenters. The number of hydrogen-bond acceptors (Lipinski definition) is 14. The van der Waals surface area contributed by atoms with E-state index in [1.165, 1.54) is 55.5 Å². The number of ether oxygens (including phenoxy) is 4. The fourth-order valence-electron chi connectivity index (χ4n) is 6.00. The van der Waals surface area contributed by atoms with E-state index >= 15 is 0 Å². The van der Waals surface area contributed by atoms with Crippen LogP contribution >= 0.6 is 11.3 Å². The third kappa shape index (κ3) is 6.15. The summed E-state index contributed by atoms with van der Waals surface area (Å²) < 4.78 is 21.2. The highest BCUT2D eigenvalue weighted by Gasteiger charge is 2.61. The molecular weight excluding hydrogens is 686 g/mol. The molecule has 16 heteroatoms. The van der Waals surface area contributed by atoms with Gasteiger partial charge in [0.05, 0.1) is 48.6 Å². The van der Waals surface area contributed by atoms with Crippen molar-refractivity contribution in [3.05, 3.63) is 110 Å². The zero-order valence-corrected chi connectivity index (χ0v) is 28.3. The van der Waals surface area contributed by atoms with Gasteiger partial charge in [0.2, 0.25) is 5.91 Å². The molecule has 262 valence electrons. The Balaban J connectivity index is 1.44. The van der Waals surface area contributed by atoms with Gasteiger partial charge in [-0.1, -0.05) is 30.3 Å². The highest BCUT2D eigenvalue weighted by atomic mass is 32.1. The molecule has 2 fully saturated rings. The standard InChI is InChI=1S/C35H29N3O12S/c1-5-48-35(43)29-18(2)25(34(42)47-4)32(51-29)36-30(39)26-27(37(50-28(26)31(36)40)21-12-9-13-22(17-21)38(44)45)20-14-15-23(24(16-20)46-3)49-33(41)19-10-7-6-8-11-19/h6-17,26-28H,5H2,1-4H3/t26-,27+,28-/m1/s1. The Labute approximate surface area is 293 Å². The van der Waals surface area contributed by atoms with Crippen molar-refractivity contribution < 1.29 is 52.7 Å². The smallest absolute Gasteiger partial charge is 0.348 e. The number of methoxy groups -OCH3 is 2. The maximum atomic E-state index is 14.5. The number of rotatable bonds is 10. The number of imide groups is 1. The first kappa shape index (κ1) is 34.7. The molecule has 3 aromatic carbocycles. The Bertz CT molecular complexity index is 2080. The second-order valence-electron chi connectivity index (χ2n) is 11.2. The minimum Gasteiger partial charge on any atom is -0.493 e. The van der Waals surface area contributed by atoms with Crippen LogP contribution < -0.4 is 19.4 Å². The van der Waals surface area contributed by atoms with Crippen LogP contribution in [0, 0.1) is 23.0 Å². The van der Waals surface area contributed by atoms with Crippen LogP contribution in [0.2, 0.25) is 0 Å². The van der Waals surface area contributed by atoms with Crippen molar-refractivity contribution >= 4 is 57.4 Å². The molecule has 0 saturated carbocycles. The van der Waals surface area contributed by atoms with Gasteiger partial charge in [-0.05, 0) is 55.3 Å². The number of non-ortho nitro benzene ring substituents is 1. The number of amides is 2. The van der Waals surface area contributed by atoms with Gasteiger partial charge in [-0.2, -0.15) is 0 Å². The number of anilines is 2. The first-order chi connectivity index (χ1) is 24.5. The average Bonchev–Trinajstić information content (AvgIpc) is 3.77. The summed E-state index contributed by atoms with van der Waals surface area (Å²) in [6.45, 7) is 3.13. The Kier molecular flexibility index (Phi) is 9.54. The first-order valence-corrected chi connectivity index (χ1v) is 16.2. The summed E-state index contributed by atoms with van der Waals surface area (Å²) in [5.41, 5.74) is 0.556. The van der Waals surface area contributed by atoms with Gasteiger partial charge >= 0.3 is 17.9 Å². The molecule has 4 aromatic rings. The summed E-state index contributed by atoms with van der Waals surface area (Å²) in [6.07, 6.45) is -1.46. The maximum Gasteiger partial charge on any atom is 0.348 e. The largest absolute Gasteiger partial charge is 0.493 e. The number of carbonyl (C=O) groups excluding carboxylic acids is 5. The molecule has 2 amide bonds. The summed E-state index contributed by atoms with van der Waals surface area (Å²) in [7, 11) is 2.48. The van der Waals surface area contributed by atoms with Crippen molar-refractivity contribution in [1.29, 1.82) is 0 Å². The van der Waals surface area contributed by atoms with E-state index in [0.717, 1.165) is 23.3 Å². The minimum atomic E-state index is -1.46. The van der Waals surface area contributed by atoms with Crippen LogP contribution in [0.3, 0.4) is 0 Å². The average molecular weight is 716 g/mol. The highest BCUT2D eigenvalue weighted by Crippen LogP contribution is 2.51. The first-order valence-electron chi connectivity index (χ1n) is 15.4. The Morgan fingerprint density at radius 2 is 1.67 bits per heavy atom. The van der Waals surface area contributed by atoms with Gasteiger partial charge in [0.25, 0.3) is 11.6 Å². The lowest BCUT2D eigenvalue weighted by atomic mass is 9.90. The normalized spacial score (nSPS) is 18.0. The van der Waals surface area contributed by atoms with Crippen molar-refractivity contribution in [3.8, 4) is 11.5 Å². The molecule has 2 saturated heterocycles. The van der Waals surface area contributed by atoms with Gasteiger partial charge in [-0.3, -0.25) is 24.5 Å². The van der Waals surface area contributed by atoms with Crippen LogP contribution in [0.25, 0.3) is 0 Å². The van der Waals surface area contributed by atoms with Gasteiger partial charge in [0.15, 0.2) is 17.6 Å². The molecule has 0 bridgehead atoms. The lowest BCUT2D eigenvalue weighted by Crippen LogP contribution is -2.37. The summed E-state index contributed by atoms with van der Waals surface area (Å²) in [6, 6.07) is 17.2. The lowest BCUT2D eigenvalue weighted by Gasteiger charge is -2.29. The number of hydroxylamine groups is 1. The van der Waals surface area contributed by atoms with Gasteiger partial charge in [-0.25, -0.2) is 24.3 Å². The van der Waals surface area contributed by atoms with Gasteiger partial charge in [0, 0.05) is 12.1 Å². The number of hydrogen-bond donors (Lipinski definition) is 0. The fraction of sp³-hybridized carbons (Fsp3) is 0.229. The van der Waals surface area contributed by atoms with Gasteiger partial charge in [0.1, 0.15) is 15.8 Å². The van der Waals surface area contributed by atoms with E-state index < -0.39 is 52.7 Å². The molecule has 3 atom stereocenters. The molecule has 0 radical (unpaired) electrons. The van der Waals surface area contributed by atoms with E-state index in [1.807, 2.05) is 0 Å². The molecule has 3 heterocycles. The number of benzene rings is 3. The van der Waals surface area contributed by atoms with Crippen molar-refractivity contribution in [2.75, 3.05) is 30.8 Å². The van der Waals surface area contributed by atoms with Crippen LogP contribution in [0.1, 0.15) is 54.5 Å². The van der Waals surface area contributed by atoms with Gasteiger partial charge in [-0.15, -0.1) is 11.3 Å². The van der Waals surface area contributed by atoms with Gasteiger partial charge < -0.3 is 18.9 Å². The summed E-state index contributed by atoms with van der Waals surface area (Å²) in [4.78, 5) is 85.2. The van der Waals surface area contributed by atoms with E-state index in [9.17, 15) is 34.1 Å². The number of nitrogens with zero attached hydrogens (tertiary/aromatic N) is 3. The molecule has 15 nitrogen and oxygen atoms in total. The highest BCUT2D eigenvalue weighted by molar-refractivity contribution is 7.19. The quantitative estimate of drug-likeness (QED) is 0.0687. The van der Waals surface area contributed by atoms with Crippen molar-refractivity contribution in [2.24, 2.45) is 5.92 Å². The maximum absolute atomic E-state index is 14.5.